The van der Waals surface area contributed by atoms with E-state index in [0.717, 1.165) is 38.6 Å². The lowest BCUT2D eigenvalue weighted by Crippen LogP contribution is -2.45. The van der Waals surface area contributed by atoms with E-state index in [4.69, 9.17) is 9.47 Å². The van der Waals surface area contributed by atoms with Gasteiger partial charge in [-0.05, 0) is 56.6 Å². The third-order valence-corrected chi connectivity index (χ3v) is 5.09. The van der Waals surface area contributed by atoms with Crippen molar-refractivity contribution in [2.75, 3.05) is 52.5 Å². The van der Waals surface area contributed by atoms with Crippen LogP contribution in [0.5, 0.6) is 5.75 Å². The van der Waals surface area contributed by atoms with Gasteiger partial charge in [-0.25, -0.2) is 4.39 Å². The Morgan fingerprint density at radius 1 is 1.04 bits per heavy atom. The molecular weight excluding hydrogens is 307 g/mol. The van der Waals surface area contributed by atoms with E-state index in [-0.39, 0.29) is 5.82 Å². The summed E-state index contributed by atoms with van der Waals surface area (Å²) in [5.74, 6) is 0.528. The van der Waals surface area contributed by atoms with Crippen LogP contribution in [0.15, 0.2) is 24.3 Å². The summed E-state index contributed by atoms with van der Waals surface area (Å²) in [4.78, 5) is 5.10. The summed E-state index contributed by atoms with van der Waals surface area (Å²) in [7, 11) is 0. The molecule has 0 saturated carbocycles. The molecule has 2 aliphatic heterocycles. The SMILES string of the molecule is Fc1ccc(OCCN2CCCC[C@@H]2CCN2CCOCC2)cc1. The highest BCUT2D eigenvalue weighted by Gasteiger charge is 2.23. The summed E-state index contributed by atoms with van der Waals surface area (Å²) in [6, 6.07) is 6.95. The Hall–Kier alpha value is -1.17. The van der Waals surface area contributed by atoms with Crippen LogP contribution < -0.4 is 4.74 Å². The molecule has 2 saturated heterocycles. The predicted molar refractivity (Wildman–Crippen MR) is 93.0 cm³/mol. The second-order valence-electron chi connectivity index (χ2n) is 6.73. The molecule has 0 aliphatic carbocycles. The van der Waals surface area contributed by atoms with Crippen molar-refractivity contribution in [1.82, 2.24) is 9.80 Å². The summed E-state index contributed by atoms with van der Waals surface area (Å²) in [6.07, 6.45) is 5.14. The van der Waals surface area contributed by atoms with E-state index in [1.54, 1.807) is 12.1 Å². The van der Waals surface area contributed by atoms with Crippen molar-refractivity contribution in [2.24, 2.45) is 0 Å². The van der Waals surface area contributed by atoms with Gasteiger partial charge in [-0.1, -0.05) is 6.42 Å². The molecule has 1 aromatic rings. The van der Waals surface area contributed by atoms with Crippen molar-refractivity contribution in [3.8, 4) is 5.75 Å². The molecule has 0 spiro atoms. The van der Waals surface area contributed by atoms with Gasteiger partial charge in [-0.15, -0.1) is 0 Å². The molecule has 4 nitrogen and oxygen atoms in total. The number of rotatable bonds is 7. The van der Waals surface area contributed by atoms with Gasteiger partial charge in [0.2, 0.25) is 0 Å². The number of morpholine rings is 1. The Balaban J connectivity index is 1.41. The van der Waals surface area contributed by atoms with E-state index in [2.05, 4.69) is 9.80 Å². The lowest BCUT2D eigenvalue weighted by Gasteiger charge is -2.37. The van der Waals surface area contributed by atoms with Crippen molar-refractivity contribution in [3.63, 3.8) is 0 Å². The zero-order valence-corrected chi connectivity index (χ0v) is 14.5. The lowest BCUT2D eigenvalue weighted by atomic mass is 9.99. The molecule has 0 radical (unpaired) electrons. The van der Waals surface area contributed by atoms with Crippen LogP contribution in [-0.4, -0.2) is 68.4 Å². The number of halogens is 1. The van der Waals surface area contributed by atoms with Crippen LogP contribution >= 0.6 is 0 Å². The molecule has 0 bridgehead atoms. The van der Waals surface area contributed by atoms with Crippen LogP contribution in [0.1, 0.15) is 25.7 Å². The monoisotopic (exact) mass is 336 g/mol. The van der Waals surface area contributed by atoms with E-state index < -0.39 is 0 Å². The fraction of sp³-hybridized carbons (Fsp3) is 0.684. The predicted octanol–water partition coefficient (Wildman–Crippen LogP) is 2.78. The topological polar surface area (TPSA) is 24.9 Å². The van der Waals surface area contributed by atoms with Gasteiger partial charge in [0.1, 0.15) is 18.2 Å². The van der Waals surface area contributed by atoms with E-state index in [0.29, 0.717) is 12.6 Å². The first-order chi connectivity index (χ1) is 11.8. The summed E-state index contributed by atoms with van der Waals surface area (Å²) in [6.45, 7) is 7.84. The van der Waals surface area contributed by atoms with E-state index in [1.165, 1.54) is 50.9 Å². The third kappa shape index (κ3) is 5.43. The Kier molecular flexibility index (Phi) is 6.87. The minimum Gasteiger partial charge on any atom is -0.492 e. The number of hydrogen-bond acceptors (Lipinski definition) is 4. The van der Waals surface area contributed by atoms with Crippen LogP contribution in [0.3, 0.4) is 0 Å². The molecule has 0 unspecified atom stereocenters. The normalized spacial score (nSPS) is 23.3. The molecule has 134 valence electrons. The number of hydrogen-bond donors (Lipinski definition) is 0. The van der Waals surface area contributed by atoms with Gasteiger partial charge < -0.3 is 9.47 Å². The summed E-state index contributed by atoms with van der Waals surface area (Å²) in [5.41, 5.74) is 0. The maximum absolute atomic E-state index is 12.9. The second kappa shape index (κ2) is 9.35. The minimum atomic E-state index is -0.221. The molecular formula is C19H29FN2O2. The molecule has 0 amide bonds. The molecule has 2 fully saturated rings. The number of likely N-dealkylation sites (tertiary alicyclic amines) is 1. The number of nitrogens with zero attached hydrogens (tertiary/aromatic N) is 2. The Morgan fingerprint density at radius 2 is 1.83 bits per heavy atom. The van der Waals surface area contributed by atoms with Crippen molar-refractivity contribution >= 4 is 0 Å². The average Bonchev–Trinajstić information content (AvgIpc) is 2.63. The fourth-order valence-corrected chi connectivity index (χ4v) is 3.65. The highest BCUT2D eigenvalue weighted by molar-refractivity contribution is 5.21. The maximum atomic E-state index is 12.9. The van der Waals surface area contributed by atoms with Crippen molar-refractivity contribution in [3.05, 3.63) is 30.1 Å². The van der Waals surface area contributed by atoms with Crippen LogP contribution in [0.4, 0.5) is 4.39 Å². The van der Waals surface area contributed by atoms with E-state index in [1.807, 2.05) is 0 Å². The fourth-order valence-electron chi connectivity index (χ4n) is 3.65. The van der Waals surface area contributed by atoms with Crippen LogP contribution in [0.2, 0.25) is 0 Å². The molecule has 1 atom stereocenters. The molecule has 0 N–H and O–H groups in total. The molecule has 2 aliphatic rings. The first kappa shape index (κ1) is 17.6. The van der Waals surface area contributed by atoms with Crippen LogP contribution in [-0.2, 0) is 4.74 Å². The van der Waals surface area contributed by atoms with Crippen LogP contribution in [0.25, 0.3) is 0 Å². The number of piperidine rings is 1. The van der Waals surface area contributed by atoms with Crippen LogP contribution in [0, 0.1) is 5.82 Å². The highest BCUT2D eigenvalue weighted by Crippen LogP contribution is 2.20. The largest absolute Gasteiger partial charge is 0.492 e. The second-order valence-corrected chi connectivity index (χ2v) is 6.73. The quantitative estimate of drug-likeness (QED) is 0.764. The molecule has 5 heteroatoms. The van der Waals surface area contributed by atoms with Gasteiger partial charge in [0.25, 0.3) is 0 Å². The Labute approximate surface area is 144 Å². The summed E-state index contributed by atoms with van der Waals surface area (Å²) >= 11 is 0. The zero-order valence-electron chi connectivity index (χ0n) is 14.5. The first-order valence-electron chi connectivity index (χ1n) is 9.24. The molecule has 0 aromatic heterocycles. The maximum Gasteiger partial charge on any atom is 0.123 e. The van der Waals surface area contributed by atoms with Gasteiger partial charge in [-0.3, -0.25) is 9.80 Å². The molecule has 24 heavy (non-hydrogen) atoms. The molecule has 3 rings (SSSR count). The number of ether oxygens (including phenoxy) is 2. The first-order valence-corrected chi connectivity index (χ1v) is 9.24. The van der Waals surface area contributed by atoms with Gasteiger partial charge in [0, 0.05) is 25.7 Å². The van der Waals surface area contributed by atoms with E-state index in [9.17, 15) is 4.39 Å². The Morgan fingerprint density at radius 3 is 2.62 bits per heavy atom. The summed E-state index contributed by atoms with van der Waals surface area (Å²) < 4.78 is 24.1. The molecule has 1 aromatic carbocycles. The minimum absolute atomic E-state index is 0.221. The summed E-state index contributed by atoms with van der Waals surface area (Å²) in [5, 5.41) is 0. The highest BCUT2D eigenvalue weighted by atomic mass is 19.1. The van der Waals surface area contributed by atoms with Gasteiger partial charge in [0.15, 0.2) is 0 Å². The Bertz CT molecular complexity index is 477. The average molecular weight is 336 g/mol. The van der Waals surface area contributed by atoms with Gasteiger partial charge >= 0.3 is 0 Å². The third-order valence-electron chi connectivity index (χ3n) is 5.09. The van der Waals surface area contributed by atoms with Crippen molar-refractivity contribution in [1.29, 1.82) is 0 Å². The van der Waals surface area contributed by atoms with Gasteiger partial charge in [0.05, 0.1) is 13.2 Å². The van der Waals surface area contributed by atoms with E-state index >= 15 is 0 Å². The smallest absolute Gasteiger partial charge is 0.123 e. The molecule has 2 heterocycles. The zero-order chi connectivity index (χ0) is 16.6. The van der Waals surface area contributed by atoms with Crippen molar-refractivity contribution < 1.29 is 13.9 Å². The van der Waals surface area contributed by atoms with Crippen molar-refractivity contribution in [2.45, 2.75) is 31.7 Å². The van der Waals surface area contributed by atoms with Gasteiger partial charge in [-0.2, -0.15) is 0 Å². The lowest BCUT2D eigenvalue weighted by molar-refractivity contribution is 0.0299. The standard InChI is InChI=1S/C19H29FN2O2/c20-17-4-6-19(7-5-17)24-16-13-22-9-2-1-3-18(22)8-10-21-11-14-23-15-12-21/h4-7,18H,1-3,8-16H2/t18-/m1/s1. The number of benzene rings is 1.